The fraction of sp³-hybridized carbons (Fsp3) is 0.188. The summed E-state index contributed by atoms with van der Waals surface area (Å²) in [6, 6.07) is 13.8. The van der Waals surface area contributed by atoms with Gasteiger partial charge in [0.15, 0.2) is 5.82 Å². The first-order chi connectivity index (χ1) is 9.76. The van der Waals surface area contributed by atoms with Gasteiger partial charge in [0.2, 0.25) is 0 Å². The van der Waals surface area contributed by atoms with Gasteiger partial charge in [-0.3, -0.25) is 0 Å². The number of nitrogen functional groups attached to an aromatic ring is 1. The Labute approximate surface area is 117 Å². The van der Waals surface area contributed by atoms with E-state index in [9.17, 15) is 0 Å². The van der Waals surface area contributed by atoms with Gasteiger partial charge < -0.3 is 5.73 Å². The van der Waals surface area contributed by atoms with Crippen molar-refractivity contribution >= 4 is 16.7 Å². The van der Waals surface area contributed by atoms with Gasteiger partial charge in [0.25, 0.3) is 0 Å². The van der Waals surface area contributed by atoms with E-state index >= 15 is 0 Å². The topological polar surface area (TPSA) is 64.7 Å². The molecule has 0 spiro atoms. The van der Waals surface area contributed by atoms with E-state index in [2.05, 4.69) is 21.9 Å². The Bertz CT molecular complexity index is 752. The predicted octanol–water partition coefficient (Wildman–Crippen LogP) is 3.23. The third-order valence-corrected chi connectivity index (χ3v) is 3.13. The van der Waals surface area contributed by atoms with E-state index in [1.807, 2.05) is 42.5 Å². The zero-order valence-electron chi connectivity index (χ0n) is 11.4. The second-order valence-electron chi connectivity index (χ2n) is 4.75. The minimum absolute atomic E-state index is 0.494. The van der Waals surface area contributed by atoms with Gasteiger partial charge in [-0.05, 0) is 18.6 Å². The molecule has 0 aliphatic heterocycles. The van der Waals surface area contributed by atoms with Crippen molar-refractivity contribution < 1.29 is 0 Å². The van der Waals surface area contributed by atoms with E-state index < -0.39 is 0 Å². The molecule has 2 N–H and O–H groups in total. The highest BCUT2D eigenvalue weighted by molar-refractivity contribution is 5.80. The molecule has 4 heteroatoms. The van der Waals surface area contributed by atoms with Crippen LogP contribution in [0.3, 0.4) is 0 Å². The number of nitrogens with two attached hydrogens (primary N) is 1. The van der Waals surface area contributed by atoms with E-state index in [4.69, 9.17) is 5.73 Å². The van der Waals surface area contributed by atoms with Crippen LogP contribution in [-0.4, -0.2) is 15.0 Å². The smallest absolute Gasteiger partial charge is 0.180 e. The van der Waals surface area contributed by atoms with Gasteiger partial charge in [-0.2, -0.15) is 0 Å². The molecule has 0 bridgehead atoms. The number of aromatic nitrogens is 3. The molecule has 0 saturated heterocycles. The number of aryl methyl sites for hydroxylation is 1. The molecule has 0 fully saturated rings. The van der Waals surface area contributed by atoms with Crippen LogP contribution in [0.5, 0.6) is 0 Å². The molecular weight excluding hydrogens is 248 g/mol. The average Bonchev–Trinajstić information content (AvgIpc) is 2.46. The Morgan fingerprint density at radius 3 is 2.70 bits per heavy atom. The summed E-state index contributed by atoms with van der Waals surface area (Å²) in [5.74, 6) is 1.09. The summed E-state index contributed by atoms with van der Waals surface area (Å²) in [5.41, 5.74) is 8.52. The molecule has 20 heavy (non-hydrogen) atoms. The number of fused-ring (bicyclic) bond motifs is 1. The molecule has 0 unspecified atom stereocenters. The average molecular weight is 264 g/mol. The fourth-order valence-electron chi connectivity index (χ4n) is 2.21. The molecule has 2 aromatic heterocycles. The standard InChI is InChI=1S/C16H16N4/c1-2-5-12-10-15(17)20-16(18-12)14-9-8-11-6-3-4-7-13(11)19-14/h3-4,6-10H,2,5H2,1H3,(H2,17,18,20). The molecule has 0 atom stereocenters. The van der Waals surface area contributed by atoms with Crippen molar-refractivity contribution in [1.82, 2.24) is 15.0 Å². The Morgan fingerprint density at radius 1 is 1.00 bits per heavy atom. The molecule has 2 heterocycles. The van der Waals surface area contributed by atoms with E-state index in [1.54, 1.807) is 0 Å². The summed E-state index contributed by atoms with van der Waals surface area (Å²) in [6.45, 7) is 2.12. The van der Waals surface area contributed by atoms with Gasteiger partial charge in [0.05, 0.1) is 5.52 Å². The molecule has 1 aromatic carbocycles. The van der Waals surface area contributed by atoms with Crippen LogP contribution < -0.4 is 5.73 Å². The molecule has 3 rings (SSSR count). The number of para-hydroxylation sites is 1. The SMILES string of the molecule is CCCc1cc(N)nc(-c2ccc3ccccc3n2)n1. The van der Waals surface area contributed by atoms with Crippen LogP contribution >= 0.6 is 0 Å². The third kappa shape index (κ3) is 2.45. The van der Waals surface area contributed by atoms with Gasteiger partial charge in [0.1, 0.15) is 11.5 Å². The number of pyridine rings is 1. The van der Waals surface area contributed by atoms with Gasteiger partial charge in [-0.1, -0.05) is 37.6 Å². The molecule has 0 saturated carbocycles. The van der Waals surface area contributed by atoms with Crippen molar-refractivity contribution in [3.05, 3.63) is 48.2 Å². The maximum Gasteiger partial charge on any atom is 0.180 e. The number of hydrogen-bond acceptors (Lipinski definition) is 4. The lowest BCUT2D eigenvalue weighted by Gasteiger charge is -2.05. The van der Waals surface area contributed by atoms with Crippen molar-refractivity contribution in [2.24, 2.45) is 0 Å². The van der Waals surface area contributed by atoms with Crippen LogP contribution in [0, 0.1) is 0 Å². The quantitative estimate of drug-likeness (QED) is 0.788. The first kappa shape index (κ1) is 12.5. The molecule has 0 aliphatic rings. The second kappa shape index (κ2) is 5.25. The number of benzene rings is 1. The predicted molar refractivity (Wildman–Crippen MR) is 81.2 cm³/mol. The van der Waals surface area contributed by atoms with Crippen molar-refractivity contribution in [2.75, 3.05) is 5.73 Å². The minimum Gasteiger partial charge on any atom is -0.384 e. The van der Waals surface area contributed by atoms with Gasteiger partial charge in [0, 0.05) is 17.1 Å². The Morgan fingerprint density at radius 2 is 1.85 bits per heavy atom. The van der Waals surface area contributed by atoms with Crippen LogP contribution in [0.15, 0.2) is 42.5 Å². The van der Waals surface area contributed by atoms with Crippen LogP contribution in [0.25, 0.3) is 22.4 Å². The summed E-state index contributed by atoms with van der Waals surface area (Å²) < 4.78 is 0. The summed E-state index contributed by atoms with van der Waals surface area (Å²) in [5, 5.41) is 1.11. The van der Waals surface area contributed by atoms with Crippen LogP contribution in [0.1, 0.15) is 19.0 Å². The van der Waals surface area contributed by atoms with Gasteiger partial charge in [-0.25, -0.2) is 15.0 Å². The summed E-state index contributed by atoms with van der Waals surface area (Å²) in [7, 11) is 0. The van der Waals surface area contributed by atoms with Crippen LogP contribution in [-0.2, 0) is 6.42 Å². The van der Waals surface area contributed by atoms with Crippen LogP contribution in [0.4, 0.5) is 5.82 Å². The monoisotopic (exact) mass is 264 g/mol. The zero-order valence-corrected chi connectivity index (χ0v) is 11.4. The first-order valence-electron chi connectivity index (χ1n) is 6.76. The minimum atomic E-state index is 0.494. The molecule has 0 aliphatic carbocycles. The van der Waals surface area contributed by atoms with Gasteiger partial charge in [-0.15, -0.1) is 0 Å². The van der Waals surface area contributed by atoms with Crippen LogP contribution in [0.2, 0.25) is 0 Å². The second-order valence-corrected chi connectivity index (χ2v) is 4.75. The molecule has 0 radical (unpaired) electrons. The van der Waals surface area contributed by atoms with E-state index in [1.165, 1.54) is 0 Å². The first-order valence-corrected chi connectivity index (χ1v) is 6.76. The number of anilines is 1. The highest BCUT2D eigenvalue weighted by Gasteiger charge is 2.07. The molecule has 100 valence electrons. The van der Waals surface area contributed by atoms with E-state index in [0.29, 0.717) is 11.6 Å². The molecule has 4 nitrogen and oxygen atoms in total. The van der Waals surface area contributed by atoms with Crippen molar-refractivity contribution in [1.29, 1.82) is 0 Å². The number of nitrogens with zero attached hydrogens (tertiary/aromatic N) is 3. The largest absolute Gasteiger partial charge is 0.384 e. The van der Waals surface area contributed by atoms with Gasteiger partial charge >= 0.3 is 0 Å². The highest BCUT2D eigenvalue weighted by Crippen LogP contribution is 2.19. The Kier molecular flexibility index (Phi) is 3.29. The molecule has 0 amide bonds. The summed E-state index contributed by atoms with van der Waals surface area (Å²) in [4.78, 5) is 13.5. The van der Waals surface area contributed by atoms with E-state index in [0.717, 1.165) is 35.1 Å². The summed E-state index contributed by atoms with van der Waals surface area (Å²) >= 11 is 0. The fourth-order valence-corrected chi connectivity index (χ4v) is 2.21. The lowest BCUT2D eigenvalue weighted by atomic mass is 10.2. The number of hydrogen-bond donors (Lipinski definition) is 1. The third-order valence-electron chi connectivity index (χ3n) is 3.13. The Balaban J connectivity index is 2.10. The highest BCUT2D eigenvalue weighted by atomic mass is 15.0. The number of rotatable bonds is 3. The van der Waals surface area contributed by atoms with Crippen molar-refractivity contribution in [3.63, 3.8) is 0 Å². The molecule has 3 aromatic rings. The summed E-state index contributed by atoms with van der Waals surface area (Å²) in [6.07, 6.45) is 1.92. The maximum atomic E-state index is 5.86. The lowest BCUT2D eigenvalue weighted by molar-refractivity contribution is 0.876. The zero-order chi connectivity index (χ0) is 13.9. The maximum absolute atomic E-state index is 5.86. The molecular formula is C16H16N4. The van der Waals surface area contributed by atoms with Crippen molar-refractivity contribution in [3.8, 4) is 11.5 Å². The normalized spacial score (nSPS) is 10.8. The van der Waals surface area contributed by atoms with E-state index in [-0.39, 0.29) is 0 Å². The Hall–Kier alpha value is -2.49. The lowest BCUT2D eigenvalue weighted by Crippen LogP contribution is -2.01. The van der Waals surface area contributed by atoms with Crippen molar-refractivity contribution in [2.45, 2.75) is 19.8 Å².